The van der Waals surface area contributed by atoms with Crippen molar-refractivity contribution in [3.63, 3.8) is 0 Å². The second-order valence-electron chi connectivity index (χ2n) is 6.84. The Balaban J connectivity index is 1.55. The molecule has 0 unspecified atom stereocenters. The molecule has 0 radical (unpaired) electrons. The van der Waals surface area contributed by atoms with Crippen LogP contribution >= 0.6 is 23.1 Å². The van der Waals surface area contributed by atoms with Gasteiger partial charge in [-0.3, -0.25) is 14.2 Å². The standard InChI is InChI=1S/C23H21N3O3S2/c1-2-11-26-22(28)19-10-13-30-21(19)24-23(26)31-16-20(27)25(15-18-9-6-12-29-18)14-17-7-4-3-5-8-17/h2-10,12-13H,1,11,14-16H2. The number of fused-ring (bicyclic) bond motifs is 1. The van der Waals surface area contributed by atoms with Crippen LogP contribution in [0.4, 0.5) is 0 Å². The van der Waals surface area contributed by atoms with Crippen molar-refractivity contribution in [2.75, 3.05) is 5.75 Å². The average Bonchev–Trinajstić information content (AvgIpc) is 3.46. The van der Waals surface area contributed by atoms with Gasteiger partial charge in [0.25, 0.3) is 5.56 Å². The van der Waals surface area contributed by atoms with Gasteiger partial charge in [-0.05, 0) is 29.1 Å². The number of carbonyl (C=O) groups is 1. The number of carbonyl (C=O) groups excluding carboxylic acids is 1. The highest BCUT2D eigenvalue weighted by Gasteiger charge is 2.19. The van der Waals surface area contributed by atoms with Crippen LogP contribution in [0.5, 0.6) is 0 Å². The first-order chi connectivity index (χ1) is 15.2. The van der Waals surface area contributed by atoms with Crippen LogP contribution in [-0.2, 0) is 24.4 Å². The van der Waals surface area contributed by atoms with E-state index in [0.29, 0.717) is 35.0 Å². The lowest BCUT2D eigenvalue weighted by Gasteiger charge is -2.22. The first-order valence-electron chi connectivity index (χ1n) is 9.71. The first-order valence-corrected chi connectivity index (χ1v) is 11.6. The maximum atomic E-state index is 13.1. The highest BCUT2D eigenvalue weighted by Crippen LogP contribution is 2.22. The van der Waals surface area contributed by atoms with E-state index in [4.69, 9.17) is 4.42 Å². The molecule has 0 saturated heterocycles. The Hall–Kier alpha value is -3.10. The second-order valence-corrected chi connectivity index (χ2v) is 8.68. The summed E-state index contributed by atoms with van der Waals surface area (Å²) in [6, 6.07) is 15.3. The lowest BCUT2D eigenvalue weighted by molar-refractivity contribution is -0.129. The third kappa shape index (κ3) is 4.98. The molecule has 4 rings (SSSR count). The Kier molecular flexibility index (Phi) is 6.69. The van der Waals surface area contributed by atoms with Crippen molar-refractivity contribution in [1.29, 1.82) is 0 Å². The molecule has 6 nitrogen and oxygen atoms in total. The largest absolute Gasteiger partial charge is 0.467 e. The van der Waals surface area contributed by atoms with Gasteiger partial charge in [0, 0.05) is 13.1 Å². The summed E-state index contributed by atoms with van der Waals surface area (Å²) in [4.78, 5) is 33.0. The quantitative estimate of drug-likeness (QED) is 0.212. The van der Waals surface area contributed by atoms with Gasteiger partial charge in [-0.2, -0.15) is 0 Å². The lowest BCUT2D eigenvalue weighted by Crippen LogP contribution is -2.32. The van der Waals surface area contributed by atoms with E-state index < -0.39 is 0 Å². The summed E-state index contributed by atoms with van der Waals surface area (Å²) in [5.41, 5.74) is 0.923. The van der Waals surface area contributed by atoms with Gasteiger partial charge in [0.1, 0.15) is 10.6 Å². The van der Waals surface area contributed by atoms with Crippen molar-refractivity contribution in [2.24, 2.45) is 0 Å². The van der Waals surface area contributed by atoms with Crippen molar-refractivity contribution in [1.82, 2.24) is 14.5 Å². The number of benzene rings is 1. The molecule has 0 saturated carbocycles. The zero-order valence-corrected chi connectivity index (χ0v) is 18.4. The lowest BCUT2D eigenvalue weighted by atomic mass is 10.2. The zero-order valence-electron chi connectivity index (χ0n) is 16.8. The van der Waals surface area contributed by atoms with Crippen LogP contribution in [0.2, 0.25) is 0 Å². The van der Waals surface area contributed by atoms with E-state index in [1.165, 1.54) is 23.1 Å². The maximum absolute atomic E-state index is 13.1. The molecule has 3 heterocycles. The number of thioether (sulfide) groups is 1. The number of aromatic nitrogens is 2. The Morgan fingerprint density at radius 1 is 1.19 bits per heavy atom. The Bertz CT molecular complexity index is 1230. The first kappa shape index (κ1) is 21.1. The normalized spacial score (nSPS) is 11.0. The van der Waals surface area contributed by atoms with Crippen molar-refractivity contribution >= 4 is 39.2 Å². The number of thiophene rings is 1. The Morgan fingerprint density at radius 2 is 2.03 bits per heavy atom. The minimum absolute atomic E-state index is 0.0593. The summed E-state index contributed by atoms with van der Waals surface area (Å²) in [7, 11) is 0. The van der Waals surface area contributed by atoms with Gasteiger partial charge in [0.15, 0.2) is 5.16 Å². The molecule has 1 aromatic carbocycles. The molecule has 31 heavy (non-hydrogen) atoms. The third-order valence-corrected chi connectivity index (χ3v) is 6.45. The van der Waals surface area contributed by atoms with Gasteiger partial charge in [0.2, 0.25) is 5.91 Å². The van der Waals surface area contributed by atoms with Crippen molar-refractivity contribution in [3.8, 4) is 0 Å². The molecule has 0 aliphatic carbocycles. The monoisotopic (exact) mass is 451 g/mol. The SMILES string of the molecule is C=CCn1c(SCC(=O)N(Cc2ccccc2)Cc2ccco2)nc2sccc2c1=O. The minimum atomic E-state index is -0.113. The third-order valence-electron chi connectivity index (χ3n) is 4.68. The van der Waals surface area contributed by atoms with Gasteiger partial charge < -0.3 is 9.32 Å². The molecule has 158 valence electrons. The number of furan rings is 1. The van der Waals surface area contributed by atoms with Crippen molar-refractivity contribution in [2.45, 2.75) is 24.8 Å². The molecule has 0 aliphatic heterocycles. The molecule has 0 fully saturated rings. The van der Waals surface area contributed by atoms with E-state index in [1.54, 1.807) is 27.9 Å². The summed E-state index contributed by atoms with van der Waals surface area (Å²) in [5, 5.41) is 2.96. The molecule has 4 aromatic rings. The number of nitrogens with zero attached hydrogens (tertiary/aromatic N) is 3. The molecular weight excluding hydrogens is 430 g/mol. The maximum Gasteiger partial charge on any atom is 0.263 e. The molecule has 0 N–H and O–H groups in total. The summed E-state index contributed by atoms with van der Waals surface area (Å²) < 4.78 is 7.02. The van der Waals surface area contributed by atoms with Crippen LogP contribution in [0.1, 0.15) is 11.3 Å². The fraction of sp³-hybridized carbons (Fsp3) is 0.174. The number of rotatable bonds is 9. The van der Waals surface area contributed by atoms with E-state index in [1.807, 2.05) is 47.8 Å². The van der Waals surface area contributed by atoms with Gasteiger partial charge in [-0.15, -0.1) is 17.9 Å². The van der Waals surface area contributed by atoms with E-state index in [-0.39, 0.29) is 17.2 Å². The van der Waals surface area contributed by atoms with Crippen LogP contribution in [0.3, 0.4) is 0 Å². The van der Waals surface area contributed by atoms with E-state index in [0.717, 1.165) is 11.3 Å². The summed E-state index contributed by atoms with van der Waals surface area (Å²) in [5.74, 6) is 0.820. The fourth-order valence-corrected chi connectivity index (χ4v) is 4.89. The van der Waals surface area contributed by atoms with Crippen LogP contribution in [-0.4, -0.2) is 26.1 Å². The van der Waals surface area contributed by atoms with Crippen LogP contribution < -0.4 is 5.56 Å². The van der Waals surface area contributed by atoms with Crippen LogP contribution in [0.25, 0.3) is 10.2 Å². The fourth-order valence-electron chi connectivity index (χ4n) is 3.17. The van der Waals surface area contributed by atoms with E-state index in [2.05, 4.69) is 11.6 Å². The number of hydrogen-bond acceptors (Lipinski definition) is 6. The van der Waals surface area contributed by atoms with E-state index in [9.17, 15) is 9.59 Å². The van der Waals surface area contributed by atoms with Crippen LogP contribution in [0, 0.1) is 0 Å². The summed E-state index contributed by atoms with van der Waals surface area (Å²) in [6.07, 6.45) is 3.26. The Labute approximate surface area is 187 Å². The van der Waals surface area contributed by atoms with Crippen molar-refractivity contribution < 1.29 is 9.21 Å². The molecule has 0 spiro atoms. The van der Waals surface area contributed by atoms with Crippen LogP contribution in [0.15, 0.2) is 87.2 Å². The van der Waals surface area contributed by atoms with Gasteiger partial charge in [-0.1, -0.05) is 48.2 Å². The summed E-state index contributed by atoms with van der Waals surface area (Å²) >= 11 is 2.68. The Morgan fingerprint density at radius 3 is 2.77 bits per heavy atom. The average molecular weight is 452 g/mol. The molecule has 1 amide bonds. The summed E-state index contributed by atoms with van der Waals surface area (Å²) in [6.45, 7) is 4.92. The molecule has 0 aliphatic rings. The molecule has 3 aromatic heterocycles. The zero-order chi connectivity index (χ0) is 21.6. The second kappa shape index (κ2) is 9.80. The highest BCUT2D eigenvalue weighted by atomic mass is 32.2. The van der Waals surface area contributed by atoms with Gasteiger partial charge >= 0.3 is 0 Å². The topological polar surface area (TPSA) is 68.3 Å². The molecule has 0 atom stereocenters. The molecule has 8 heteroatoms. The molecule has 0 bridgehead atoms. The highest BCUT2D eigenvalue weighted by molar-refractivity contribution is 7.99. The molecular formula is C23H21N3O3S2. The van der Waals surface area contributed by atoms with Crippen molar-refractivity contribution in [3.05, 3.63) is 94.5 Å². The minimum Gasteiger partial charge on any atom is -0.467 e. The number of hydrogen-bond donors (Lipinski definition) is 0. The predicted octanol–water partition coefficient (Wildman–Crippen LogP) is 4.56. The number of allylic oxidation sites excluding steroid dienone is 1. The van der Waals surface area contributed by atoms with Gasteiger partial charge in [0.05, 0.1) is 23.9 Å². The van der Waals surface area contributed by atoms with Gasteiger partial charge in [-0.25, -0.2) is 4.98 Å². The predicted molar refractivity (Wildman–Crippen MR) is 124 cm³/mol. The number of amides is 1. The smallest absolute Gasteiger partial charge is 0.263 e. The van der Waals surface area contributed by atoms with E-state index >= 15 is 0 Å².